The van der Waals surface area contributed by atoms with Crippen molar-refractivity contribution >= 4 is 22.6 Å². The van der Waals surface area contributed by atoms with Crippen LogP contribution in [-0.4, -0.2) is 20.2 Å². The largest absolute Gasteiger partial charge is 0.417 e. The standard InChI is InChI=1S/C21H24F3IN2O2/c1-10(2)18-16(19(29)12-6-5-11(9-26-12)21(22,23)24)17(25)15-13(27-18)7-20(3,4)8-14(15)28/h5-6,9-10,14,19,28-29H,7-8H2,1-4H3/t14-,19-/m0/s1. The van der Waals surface area contributed by atoms with Crippen LogP contribution in [0.2, 0.25) is 0 Å². The van der Waals surface area contributed by atoms with Gasteiger partial charge in [0.1, 0.15) is 6.10 Å². The molecule has 0 fully saturated rings. The summed E-state index contributed by atoms with van der Waals surface area (Å²) >= 11 is 2.10. The molecule has 0 saturated carbocycles. The molecule has 2 aromatic heterocycles. The van der Waals surface area contributed by atoms with Crippen LogP contribution in [0.3, 0.4) is 0 Å². The molecule has 1 aliphatic carbocycles. The number of nitrogens with zero attached hydrogens (tertiary/aromatic N) is 2. The molecule has 2 atom stereocenters. The monoisotopic (exact) mass is 520 g/mol. The van der Waals surface area contributed by atoms with Crippen molar-refractivity contribution in [2.24, 2.45) is 5.41 Å². The molecule has 1 aliphatic rings. The van der Waals surface area contributed by atoms with E-state index < -0.39 is 23.9 Å². The zero-order valence-corrected chi connectivity index (χ0v) is 18.8. The zero-order chi connectivity index (χ0) is 21.7. The summed E-state index contributed by atoms with van der Waals surface area (Å²) in [6.07, 6.45) is -4.42. The van der Waals surface area contributed by atoms with Crippen molar-refractivity contribution in [3.05, 3.63) is 55.7 Å². The summed E-state index contributed by atoms with van der Waals surface area (Å²) in [5, 5.41) is 21.8. The molecule has 29 heavy (non-hydrogen) atoms. The van der Waals surface area contributed by atoms with E-state index in [1.807, 2.05) is 13.8 Å². The third-order valence-corrected chi connectivity index (χ3v) is 6.42. The first-order valence-corrected chi connectivity index (χ1v) is 10.5. The Bertz CT molecular complexity index is 912. The maximum absolute atomic E-state index is 12.8. The normalized spacial score (nSPS) is 19.9. The Hall–Kier alpha value is -1.26. The summed E-state index contributed by atoms with van der Waals surface area (Å²) in [6.45, 7) is 8.06. The highest BCUT2D eigenvalue weighted by atomic mass is 127. The molecule has 2 aromatic rings. The third kappa shape index (κ3) is 4.44. The molecule has 2 N–H and O–H groups in total. The number of alkyl halides is 3. The van der Waals surface area contributed by atoms with Crippen molar-refractivity contribution in [3.63, 3.8) is 0 Å². The quantitative estimate of drug-likeness (QED) is 0.539. The molecule has 0 amide bonds. The molecular weight excluding hydrogens is 496 g/mol. The van der Waals surface area contributed by atoms with E-state index in [1.54, 1.807) is 0 Å². The first-order valence-electron chi connectivity index (χ1n) is 9.43. The van der Waals surface area contributed by atoms with E-state index in [9.17, 15) is 23.4 Å². The average Bonchev–Trinajstić information content (AvgIpc) is 2.58. The molecule has 0 bridgehead atoms. The average molecular weight is 520 g/mol. The van der Waals surface area contributed by atoms with Crippen molar-refractivity contribution in [3.8, 4) is 0 Å². The smallest absolute Gasteiger partial charge is 0.388 e. The number of pyridine rings is 2. The van der Waals surface area contributed by atoms with Crippen LogP contribution < -0.4 is 0 Å². The third-order valence-electron chi connectivity index (χ3n) is 5.25. The van der Waals surface area contributed by atoms with Crippen LogP contribution in [0.4, 0.5) is 13.2 Å². The highest BCUT2D eigenvalue weighted by Crippen LogP contribution is 2.45. The lowest BCUT2D eigenvalue weighted by Gasteiger charge is -2.36. The van der Waals surface area contributed by atoms with E-state index in [2.05, 4.69) is 41.4 Å². The maximum atomic E-state index is 12.8. The molecule has 2 heterocycles. The van der Waals surface area contributed by atoms with E-state index in [1.165, 1.54) is 6.07 Å². The van der Waals surface area contributed by atoms with Crippen LogP contribution in [0, 0.1) is 8.99 Å². The Morgan fingerprint density at radius 2 is 1.90 bits per heavy atom. The van der Waals surface area contributed by atoms with Crippen LogP contribution in [-0.2, 0) is 12.6 Å². The summed E-state index contributed by atoms with van der Waals surface area (Å²) in [6, 6.07) is 2.10. The number of aromatic nitrogens is 2. The van der Waals surface area contributed by atoms with Crippen LogP contribution in [0.1, 0.15) is 86.0 Å². The first-order chi connectivity index (χ1) is 13.3. The summed E-state index contributed by atoms with van der Waals surface area (Å²) in [4.78, 5) is 8.64. The number of aliphatic hydroxyl groups is 2. The second-order valence-corrected chi connectivity index (χ2v) is 9.75. The Labute approximate surface area is 181 Å². The Morgan fingerprint density at radius 1 is 1.24 bits per heavy atom. The summed E-state index contributed by atoms with van der Waals surface area (Å²) in [5.74, 6) is -0.0184. The summed E-state index contributed by atoms with van der Waals surface area (Å²) in [5.41, 5.74) is 1.86. The number of hydrogen-bond donors (Lipinski definition) is 2. The summed E-state index contributed by atoms with van der Waals surface area (Å²) < 4.78 is 39.2. The number of hydrogen-bond acceptors (Lipinski definition) is 4. The van der Waals surface area contributed by atoms with Gasteiger partial charge in [-0.15, -0.1) is 0 Å². The van der Waals surface area contributed by atoms with Gasteiger partial charge in [-0.2, -0.15) is 13.2 Å². The minimum absolute atomic E-state index is 0.0184. The van der Waals surface area contributed by atoms with Gasteiger partial charge in [-0.1, -0.05) is 27.7 Å². The van der Waals surface area contributed by atoms with Crippen LogP contribution >= 0.6 is 22.6 Å². The van der Waals surface area contributed by atoms with Crippen LogP contribution in [0.25, 0.3) is 0 Å². The first kappa shape index (κ1) is 22.4. The second kappa shape index (κ2) is 7.77. The fourth-order valence-electron chi connectivity index (χ4n) is 3.86. The topological polar surface area (TPSA) is 66.2 Å². The van der Waals surface area contributed by atoms with Gasteiger partial charge < -0.3 is 10.2 Å². The lowest BCUT2D eigenvalue weighted by molar-refractivity contribution is -0.137. The van der Waals surface area contributed by atoms with Gasteiger partial charge in [-0.25, -0.2) is 0 Å². The van der Waals surface area contributed by atoms with Gasteiger partial charge in [-0.3, -0.25) is 9.97 Å². The number of aliphatic hydroxyl groups excluding tert-OH is 2. The molecule has 0 aromatic carbocycles. The minimum Gasteiger partial charge on any atom is -0.388 e. The van der Waals surface area contributed by atoms with Gasteiger partial charge in [-0.05, 0) is 58.9 Å². The predicted molar refractivity (Wildman–Crippen MR) is 111 cm³/mol. The molecule has 4 nitrogen and oxygen atoms in total. The van der Waals surface area contributed by atoms with Crippen molar-refractivity contribution in [1.82, 2.24) is 9.97 Å². The van der Waals surface area contributed by atoms with Gasteiger partial charge in [0.15, 0.2) is 0 Å². The number of fused-ring (bicyclic) bond motifs is 1. The van der Waals surface area contributed by atoms with Gasteiger partial charge in [0, 0.05) is 26.6 Å². The van der Waals surface area contributed by atoms with E-state index >= 15 is 0 Å². The molecule has 0 aliphatic heterocycles. The lowest BCUT2D eigenvalue weighted by atomic mass is 9.74. The van der Waals surface area contributed by atoms with Gasteiger partial charge in [0.2, 0.25) is 0 Å². The molecule has 158 valence electrons. The SMILES string of the molecule is CC(C)c1nc2c(c(I)c1[C@@H](O)c1ccc(C(F)(F)F)cn1)[C@@H](O)CC(C)(C)C2. The van der Waals surface area contributed by atoms with E-state index in [-0.39, 0.29) is 17.0 Å². The zero-order valence-electron chi connectivity index (χ0n) is 16.7. The van der Waals surface area contributed by atoms with Gasteiger partial charge in [0.25, 0.3) is 0 Å². The fraction of sp³-hybridized carbons (Fsp3) is 0.524. The Morgan fingerprint density at radius 3 is 2.41 bits per heavy atom. The van der Waals surface area contributed by atoms with Gasteiger partial charge >= 0.3 is 6.18 Å². The highest BCUT2D eigenvalue weighted by molar-refractivity contribution is 14.1. The Balaban J connectivity index is 2.12. The van der Waals surface area contributed by atoms with Crippen LogP contribution in [0.5, 0.6) is 0 Å². The molecule has 8 heteroatoms. The van der Waals surface area contributed by atoms with Crippen molar-refractivity contribution in [2.75, 3.05) is 0 Å². The minimum atomic E-state index is -4.49. The molecule has 0 saturated heterocycles. The number of halogens is 4. The molecule has 3 rings (SSSR count). The second-order valence-electron chi connectivity index (χ2n) is 8.67. The van der Waals surface area contributed by atoms with E-state index in [4.69, 9.17) is 4.98 Å². The van der Waals surface area contributed by atoms with Crippen molar-refractivity contribution in [2.45, 2.75) is 64.8 Å². The fourth-order valence-corrected chi connectivity index (χ4v) is 5.10. The maximum Gasteiger partial charge on any atom is 0.417 e. The molecule has 0 radical (unpaired) electrons. The Kier molecular flexibility index (Phi) is 6.01. The molecular formula is C21H24F3IN2O2. The number of rotatable bonds is 3. The highest BCUT2D eigenvalue weighted by Gasteiger charge is 2.37. The van der Waals surface area contributed by atoms with E-state index in [0.717, 1.165) is 18.0 Å². The predicted octanol–water partition coefficient (Wildman–Crippen LogP) is 5.31. The van der Waals surface area contributed by atoms with Crippen molar-refractivity contribution in [1.29, 1.82) is 0 Å². The van der Waals surface area contributed by atoms with Gasteiger partial charge in [0.05, 0.1) is 23.1 Å². The van der Waals surface area contributed by atoms with E-state index in [0.29, 0.717) is 33.2 Å². The van der Waals surface area contributed by atoms with Crippen molar-refractivity contribution < 1.29 is 23.4 Å². The molecule has 0 unspecified atom stereocenters. The summed E-state index contributed by atoms with van der Waals surface area (Å²) in [7, 11) is 0. The molecule has 0 spiro atoms. The van der Waals surface area contributed by atoms with Crippen LogP contribution in [0.15, 0.2) is 18.3 Å². The lowest BCUT2D eigenvalue weighted by Crippen LogP contribution is -2.29.